The summed E-state index contributed by atoms with van der Waals surface area (Å²) in [6, 6.07) is 5.43. The quantitative estimate of drug-likeness (QED) is 0.772. The molecule has 0 atom stereocenters. The minimum Gasteiger partial charge on any atom is -0.341 e. The largest absolute Gasteiger partial charge is 0.341 e. The van der Waals surface area contributed by atoms with Crippen molar-refractivity contribution in [2.75, 3.05) is 19.0 Å². The second-order valence-electron chi connectivity index (χ2n) is 3.15. The van der Waals surface area contributed by atoms with Crippen molar-refractivity contribution in [2.45, 2.75) is 4.90 Å². The van der Waals surface area contributed by atoms with Crippen LogP contribution in [0.4, 0.5) is 10.5 Å². The third-order valence-electron chi connectivity index (χ3n) is 2.07. The number of hydrogen-bond donors (Lipinski definition) is 2. The SMILES string of the molecule is CNC(=O)N(C)c1ccc(S(N)(=O)=O)cc1. The Labute approximate surface area is 94.1 Å². The second kappa shape index (κ2) is 4.50. The van der Waals surface area contributed by atoms with E-state index >= 15 is 0 Å². The first kappa shape index (κ1) is 12.5. The van der Waals surface area contributed by atoms with Crippen LogP contribution in [0.2, 0.25) is 0 Å². The number of nitrogens with two attached hydrogens (primary N) is 1. The lowest BCUT2D eigenvalue weighted by atomic mass is 10.3. The molecule has 0 fully saturated rings. The number of hydrogen-bond acceptors (Lipinski definition) is 3. The van der Waals surface area contributed by atoms with Crippen LogP contribution in [0.5, 0.6) is 0 Å². The number of primary sulfonamides is 1. The van der Waals surface area contributed by atoms with Gasteiger partial charge in [-0.05, 0) is 24.3 Å². The Morgan fingerprint density at radius 3 is 2.19 bits per heavy atom. The van der Waals surface area contributed by atoms with Crippen LogP contribution in [0.15, 0.2) is 29.2 Å². The van der Waals surface area contributed by atoms with Crippen LogP contribution in [-0.4, -0.2) is 28.5 Å². The van der Waals surface area contributed by atoms with Gasteiger partial charge < -0.3 is 5.32 Å². The van der Waals surface area contributed by atoms with E-state index in [9.17, 15) is 13.2 Å². The Morgan fingerprint density at radius 2 is 1.81 bits per heavy atom. The Balaban J connectivity index is 3.00. The number of nitrogens with one attached hydrogen (secondary N) is 1. The Morgan fingerprint density at radius 1 is 1.31 bits per heavy atom. The zero-order valence-corrected chi connectivity index (χ0v) is 9.78. The molecule has 6 nitrogen and oxygen atoms in total. The zero-order chi connectivity index (χ0) is 12.3. The zero-order valence-electron chi connectivity index (χ0n) is 8.97. The van der Waals surface area contributed by atoms with Crippen LogP contribution in [-0.2, 0) is 10.0 Å². The molecule has 0 bridgehead atoms. The molecule has 16 heavy (non-hydrogen) atoms. The Kier molecular flexibility index (Phi) is 3.51. The molecular formula is C9H13N3O3S. The minimum atomic E-state index is -3.69. The number of nitrogens with zero attached hydrogens (tertiary/aromatic N) is 1. The number of urea groups is 1. The van der Waals surface area contributed by atoms with Gasteiger partial charge in [-0.3, -0.25) is 4.90 Å². The number of sulfonamides is 1. The highest BCUT2D eigenvalue weighted by atomic mass is 32.2. The molecule has 0 unspecified atom stereocenters. The highest BCUT2D eigenvalue weighted by Crippen LogP contribution is 2.15. The first-order chi connectivity index (χ1) is 7.36. The number of amides is 2. The lowest BCUT2D eigenvalue weighted by Gasteiger charge is -2.16. The third kappa shape index (κ3) is 2.71. The van der Waals surface area contributed by atoms with E-state index in [1.807, 2.05) is 0 Å². The number of benzene rings is 1. The van der Waals surface area contributed by atoms with Crippen molar-refractivity contribution in [3.05, 3.63) is 24.3 Å². The molecule has 1 aromatic carbocycles. The van der Waals surface area contributed by atoms with Gasteiger partial charge in [0, 0.05) is 19.8 Å². The number of carbonyl (C=O) groups is 1. The maximum Gasteiger partial charge on any atom is 0.321 e. The van der Waals surface area contributed by atoms with Crippen molar-refractivity contribution in [1.29, 1.82) is 0 Å². The Bertz CT molecular complexity index is 481. The molecule has 0 aliphatic carbocycles. The fourth-order valence-corrected chi connectivity index (χ4v) is 1.66. The number of anilines is 1. The monoisotopic (exact) mass is 243 g/mol. The van der Waals surface area contributed by atoms with Crippen molar-refractivity contribution in [2.24, 2.45) is 5.14 Å². The van der Waals surface area contributed by atoms with Crippen LogP contribution < -0.4 is 15.4 Å². The van der Waals surface area contributed by atoms with Gasteiger partial charge in [0.1, 0.15) is 0 Å². The van der Waals surface area contributed by atoms with E-state index in [4.69, 9.17) is 5.14 Å². The molecule has 0 radical (unpaired) electrons. The van der Waals surface area contributed by atoms with Crippen molar-refractivity contribution < 1.29 is 13.2 Å². The highest BCUT2D eigenvalue weighted by molar-refractivity contribution is 7.89. The second-order valence-corrected chi connectivity index (χ2v) is 4.71. The first-order valence-corrected chi connectivity index (χ1v) is 5.99. The maximum absolute atomic E-state index is 11.3. The van der Waals surface area contributed by atoms with Crippen LogP contribution in [0.1, 0.15) is 0 Å². The van der Waals surface area contributed by atoms with E-state index in [1.54, 1.807) is 7.05 Å². The number of rotatable bonds is 2. The predicted octanol–water partition coefficient (Wildman–Crippen LogP) is 0.110. The summed E-state index contributed by atoms with van der Waals surface area (Å²) in [5.41, 5.74) is 0.576. The summed E-state index contributed by atoms with van der Waals surface area (Å²) >= 11 is 0. The van der Waals surface area contributed by atoms with Crippen LogP contribution in [0.25, 0.3) is 0 Å². The summed E-state index contributed by atoms with van der Waals surface area (Å²) in [6.07, 6.45) is 0. The summed E-state index contributed by atoms with van der Waals surface area (Å²) < 4.78 is 22.0. The molecule has 7 heteroatoms. The fourth-order valence-electron chi connectivity index (χ4n) is 1.14. The van der Waals surface area contributed by atoms with E-state index in [1.165, 1.54) is 36.2 Å². The minimum absolute atomic E-state index is 0.0153. The van der Waals surface area contributed by atoms with Crippen molar-refractivity contribution in [3.63, 3.8) is 0 Å². The van der Waals surface area contributed by atoms with Crippen LogP contribution in [0, 0.1) is 0 Å². The molecule has 2 amide bonds. The van der Waals surface area contributed by atoms with Crippen LogP contribution >= 0.6 is 0 Å². The van der Waals surface area contributed by atoms with Crippen molar-refractivity contribution >= 4 is 21.7 Å². The van der Waals surface area contributed by atoms with Gasteiger partial charge in [-0.15, -0.1) is 0 Å². The van der Waals surface area contributed by atoms with E-state index in [2.05, 4.69) is 5.32 Å². The van der Waals surface area contributed by atoms with Gasteiger partial charge in [0.05, 0.1) is 4.90 Å². The van der Waals surface area contributed by atoms with Gasteiger partial charge in [0.2, 0.25) is 10.0 Å². The molecular weight excluding hydrogens is 230 g/mol. The molecule has 0 heterocycles. The lowest BCUT2D eigenvalue weighted by molar-refractivity contribution is 0.249. The smallest absolute Gasteiger partial charge is 0.321 e. The van der Waals surface area contributed by atoms with E-state index in [0.717, 1.165) is 0 Å². The van der Waals surface area contributed by atoms with Crippen LogP contribution in [0.3, 0.4) is 0 Å². The first-order valence-electron chi connectivity index (χ1n) is 4.44. The summed E-state index contributed by atoms with van der Waals surface area (Å²) in [5, 5.41) is 7.40. The predicted molar refractivity (Wildman–Crippen MR) is 60.7 cm³/mol. The third-order valence-corrected chi connectivity index (χ3v) is 3.00. The number of carbonyl (C=O) groups excluding carboxylic acids is 1. The molecule has 1 rings (SSSR count). The molecule has 0 aliphatic heterocycles. The molecule has 0 aliphatic rings. The highest BCUT2D eigenvalue weighted by Gasteiger charge is 2.11. The summed E-state index contributed by atoms with van der Waals surface area (Å²) in [7, 11) is -0.605. The van der Waals surface area contributed by atoms with Gasteiger partial charge in [-0.2, -0.15) is 0 Å². The standard InChI is InChI=1S/C9H13N3O3S/c1-11-9(13)12(2)7-3-5-8(6-4-7)16(10,14)15/h3-6H,1-2H3,(H,11,13)(H2,10,14,15). The van der Waals surface area contributed by atoms with E-state index in [-0.39, 0.29) is 10.9 Å². The molecule has 3 N–H and O–H groups in total. The van der Waals surface area contributed by atoms with Gasteiger partial charge in [-0.25, -0.2) is 18.4 Å². The fraction of sp³-hybridized carbons (Fsp3) is 0.222. The van der Waals surface area contributed by atoms with Gasteiger partial charge in [0.15, 0.2) is 0 Å². The van der Waals surface area contributed by atoms with Gasteiger partial charge >= 0.3 is 6.03 Å². The molecule has 0 aromatic heterocycles. The van der Waals surface area contributed by atoms with E-state index < -0.39 is 10.0 Å². The summed E-state index contributed by atoms with van der Waals surface area (Å²) in [5.74, 6) is 0. The maximum atomic E-state index is 11.3. The lowest BCUT2D eigenvalue weighted by Crippen LogP contribution is -2.34. The summed E-state index contributed by atoms with van der Waals surface area (Å²) in [4.78, 5) is 12.6. The van der Waals surface area contributed by atoms with Crippen molar-refractivity contribution in [3.8, 4) is 0 Å². The van der Waals surface area contributed by atoms with Gasteiger partial charge in [-0.1, -0.05) is 0 Å². The topological polar surface area (TPSA) is 92.5 Å². The molecule has 0 saturated heterocycles. The molecule has 1 aromatic rings. The average molecular weight is 243 g/mol. The normalized spacial score (nSPS) is 10.9. The molecule has 0 saturated carbocycles. The Hall–Kier alpha value is -1.60. The molecule has 0 spiro atoms. The van der Waals surface area contributed by atoms with E-state index in [0.29, 0.717) is 5.69 Å². The molecule has 88 valence electrons. The summed E-state index contributed by atoms with van der Waals surface area (Å²) in [6.45, 7) is 0. The van der Waals surface area contributed by atoms with Gasteiger partial charge in [0.25, 0.3) is 0 Å². The average Bonchev–Trinajstić information content (AvgIpc) is 2.26. The van der Waals surface area contributed by atoms with Crippen molar-refractivity contribution in [1.82, 2.24) is 5.32 Å².